The molecule has 0 aromatic heterocycles. The van der Waals surface area contributed by atoms with Crippen molar-refractivity contribution in [1.29, 1.82) is 0 Å². The molecule has 0 radical (unpaired) electrons. The summed E-state index contributed by atoms with van der Waals surface area (Å²) < 4.78 is 0. The molecule has 1 unspecified atom stereocenters. The Morgan fingerprint density at radius 1 is 1.00 bits per heavy atom. The van der Waals surface area contributed by atoms with Gasteiger partial charge in [-0.25, -0.2) is 0 Å². The van der Waals surface area contributed by atoms with Crippen LogP contribution in [0, 0.1) is 23.7 Å². The van der Waals surface area contributed by atoms with Crippen LogP contribution in [0.1, 0.15) is 65.2 Å². The van der Waals surface area contributed by atoms with E-state index in [9.17, 15) is 5.11 Å². The van der Waals surface area contributed by atoms with E-state index in [1.54, 1.807) is 6.08 Å². The minimum absolute atomic E-state index is 0.670. The fourth-order valence-electron chi connectivity index (χ4n) is 1.48. The number of aliphatic hydroxyl groups excluding tert-OH is 1. The summed E-state index contributed by atoms with van der Waals surface area (Å²) in [6, 6.07) is 0. The molecular weight excluding hydrogens is 220 g/mol. The smallest absolute Gasteiger partial charge is 0.134 e. The third-order valence-electron chi connectivity index (χ3n) is 2.54. The zero-order valence-corrected chi connectivity index (χ0v) is 11.8. The maximum atomic E-state index is 9.52. The van der Waals surface area contributed by atoms with Crippen LogP contribution in [-0.2, 0) is 0 Å². The first-order chi connectivity index (χ1) is 8.81. The number of unbranched alkanes of at least 4 members (excludes halogenated alkanes) is 6. The zero-order chi connectivity index (χ0) is 13.5. The van der Waals surface area contributed by atoms with Gasteiger partial charge in [-0.3, -0.25) is 0 Å². The molecule has 0 rings (SSSR count). The SMILES string of the molecule is CCCC#CC#CC(O)/C=C\CCCCCCC. The Kier molecular flexibility index (Phi) is 13.0. The molecule has 0 saturated carbocycles. The molecule has 0 aliphatic rings. The summed E-state index contributed by atoms with van der Waals surface area (Å²) in [6.07, 6.45) is 12.5. The van der Waals surface area contributed by atoms with E-state index in [4.69, 9.17) is 0 Å². The van der Waals surface area contributed by atoms with Gasteiger partial charge < -0.3 is 5.11 Å². The van der Waals surface area contributed by atoms with Gasteiger partial charge in [0.05, 0.1) is 0 Å². The molecular formula is C17H26O. The van der Waals surface area contributed by atoms with Crippen LogP contribution >= 0.6 is 0 Å². The number of rotatable bonds is 8. The van der Waals surface area contributed by atoms with Crippen LogP contribution in [0.2, 0.25) is 0 Å². The maximum absolute atomic E-state index is 9.52. The summed E-state index contributed by atoms with van der Waals surface area (Å²) in [6.45, 7) is 4.30. The Labute approximate surface area is 113 Å². The summed E-state index contributed by atoms with van der Waals surface area (Å²) in [5, 5.41) is 9.52. The summed E-state index contributed by atoms with van der Waals surface area (Å²) in [4.78, 5) is 0. The van der Waals surface area contributed by atoms with E-state index in [0.717, 1.165) is 19.3 Å². The summed E-state index contributed by atoms with van der Waals surface area (Å²) in [5.74, 6) is 11.0. The van der Waals surface area contributed by atoms with E-state index in [0.29, 0.717) is 0 Å². The van der Waals surface area contributed by atoms with Crippen molar-refractivity contribution in [2.45, 2.75) is 71.3 Å². The number of aliphatic hydroxyl groups is 1. The molecule has 0 saturated heterocycles. The van der Waals surface area contributed by atoms with E-state index in [1.165, 1.54) is 32.1 Å². The molecule has 0 aromatic rings. The van der Waals surface area contributed by atoms with Gasteiger partial charge in [-0.05, 0) is 37.2 Å². The van der Waals surface area contributed by atoms with Crippen molar-refractivity contribution >= 4 is 0 Å². The molecule has 1 heteroatoms. The summed E-state index contributed by atoms with van der Waals surface area (Å²) in [7, 11) is 0. The molecule has 0 aliphatic heterocycles. The fraction of sp³-hybridized carbons (Fsp3) is 0.647. The maximum Gasteiger partial charge on any atom is 0.134 e. The van der Waals surface area contributed by atoms with E-state index in [-0.39, 0.29) is 0 Å². The average molecular weight is 246 g/mol. The molecule has 0 aromatic carbocycles. The Balaban J connectivity index is 3.62. The summed E-state index contributed by atoms with van der Waals surface area (Å²) in [5.41, 5.74) is 0. The lowest BCUT2D eigenvalue weighted by Crippen LogP contribution is -1.96. The molecule has 1 nitrogen and oxygen atoms in total. The lowest BCUT2D eigenvalue weighted by molar-refractivity contribution is 0.280. The van der Waals surface area contributed by atoms with Gasteiger partial charge in [0, 0.05) is 6.42 Å². The predicted molar refractivity (Wildman–Crippen MR) is 79.0 cm³/mol. The van der Waals surface area contributed by atoms with Gasteiger partial charge >= 0.3 is 0 Å². The Morgan fingerprint density at radius 2 is 1.78 bits per heavy atom. The first-order valence-electron chi connectivity index (χ1n) is 7.14. The second kappa shape index (κ2) is 13.9. The van der Waals surface area contributed by atoms with Crippen LogP contribution in [0.4, 0.5) is 0 Å². The molecule has 0 spiro atoms. The largest absolute Gasteiger partial charge is 0.377 e. The molecule has 1 N–H and O–H groups in total. The average Bonchev–Trinajstić information content (AvgIpc) is 2.37. The molecule has 100 valence electrons. The van der Waals surface area contributed by atoms with Crippen LogP contribution in [0.5, 0.6) is 0 Å². The van der Waals surface area contributed by atoms with Crippen LogP contribution in [-0.4, -0.2) is 11.2 Å². The van der Waals surface area contributed by atoms with E-state index in [2.05, 4.69) is 37.5 Å². The van der Waals surface area contributed by atoms with Crippen LogP contribution < -0.4 is 0 Å². The molecule has 0 amide bonds. The quantitative estimate of drug-likeness (QED) is 0.389. The lowest BCUT2D eigenvalue weighted by atomic mass is 10.1. The molecule has 0 aliphatic carbocycles. The molecule has 0 heterocycles. The Bertz CT molecular complexity index is 319. The van der Waals surface area contributed by atoms with Crippen molar-refractivity contribution in [3.8, 4) is 23.7 Å². The number of allylic oxidation sites excluding steroid dienone is 1. The zero-order valence-electron chi connectivity index (χ0n) is 11.8. The fourth-order valence-corrected chi connectivity index (χ4v) is 1.48. The Morgan fingerprint density at radius 3 is 2.50 bits per heavy atom. The first-order valence-corrected chi connectivity index (χ1v) is 7.14. The third-order valence-corrected chi connectivity index (χ3v) is 2.54. The minimum Gasteiger partial charge on any atom is -0.377 e. The van der Waals surface area contributed by atoms with Crippen LogP contribution in [0.3, 0.4) is 0 Å². The monoisotopic (exact) mass is 246 g/mol. The van der Waals surface area contributed by atoms with Crippen molar-refractivity contribution < 1.29 is 5.11 Å². The van der Waals surface area contributed by atoms with Crippen molar-refractivity contribution in [3.63, 3.8) is 0 Å². The topological polar surface area (TPSA) is 20.2 Å². The minimum atomic E-state index is -0.670. The van der Waals surface area contributed by atoms with Crippen molar-refractivity contribution in [2.75, 3.05) is 0 Å². The molecule has 0 bridgehead atoms. The first kappa shape index (κ1) is 16.8. The van der Waals surface area contributed by atoms with E-state index < -0.39 is 6.10 Å². The van der Waals surface area contributed by atoms with Crippen LogP contribution in [0.25, 0.3) is 0 Å². The second-order valence-electron chi connectivity index (χ2n) is 4.40. The molecule has 18 heavy (non-hydrogen) atoms. The van der Waals surface area contributed by atoms with Crippen molar-refractivity contribution in [3.05, 3.63) is 12.2 Å². The van der Waals surface area contributed by atoms with Gasteiger partial charge in [-0.15, -0.1) is 0 Å². The number of hydrogen-bond acceptors (Lipinski definition) is 1. The van der Waals surface area contributed by atoms with Gasteiger partial charge in [-0.2, -0.15) is 0 Å². The summed E-state index contributed by atoms with van der Waals surface area (Å²) >= 11 is 0. The van der Waals surface area contributed by atoms with Gasteiger partial charge in [0.25, 0.3) is 0 Å². The molecule has 1 atom stereocenters. The van der Waals surface area contributed by atoms with Gasteiger partial charge in [-0.1, -0.05) is 57.4 Å². The second-order valence-corrected chi connectivity index (χ2v) is 4.40. The standard InChI is InChI=1S/C17H26O/c1-3-5-7-9-10-12-14-16-17(18)15-13-11-8-6-4-2/h14,16-18H,3-7,9-10,12H2,1-2H3/b16-14-. The van der Waals surface area contributed by atoms with Crippen molar-refractivity contribution in [1.82, 2.24) is 0 Å². The van der Waals surface area contributed by atoms with Gasteiger partial charge in [0.15, 0.2) is 0 Å². The van der Waals surface area contributed by atoms with Crippen LogP contribution in [0.15, 0.2) is 12.2 Å². The highest BCUT2D eigenvalue weighted by Gasteiger charge is 1.90. The van der Waals surface area contributed by atoms with Gasteiger partial charge in [0.1, 0.15) is 6.10 Å². The van der Waals surface area contributed by atoms with Crippen molar-refractivity contribution in [2.24, 2.45) is 0 Å². The number of hydrogen-bond donors (Lipinski definition) is 1. The molecule has 0 fully saturated rings. The normalized spacial score (nSPS) is 11.5. The lowest BCUT2D eigenvalue weighted by Gasteiger charge is -1.96. The third kappa shape index (κ3) is 12.9. The predicted octanol–water partition coefficient (Wildman–Crippen LogP) is 4.07. The highest BCUT2D eigenvalue weighted by Crippen LogP contribution is 2.05. The Hall–Kier alpha value is -1.18. The highest BCUT2D eigenvalue weighted by atomic mass is 16.3. The highest BCUT2D eigenvalue weighted by molar-refractivity contribution is 5.28. The van der Waals surface area contributed by atoms with E-state index >= 15 is 0 Å². The van der Waals surface area contributed by atoms with E-state index in [1.807, 2.05) is 6.08 Å². The van der Waals surface area contributed by atoms with Gasteiger partial charge in [0.2, 0.25) is 0 Å².